The molecule has 1 unspecified atom stereocenters. The van der Waals surface area contributed by atoms with Crippen LogP contribution in [0.25, 0.3) is 6.08 Å². The second-order valence-electron chi connectivity index (χ2n) is 8.59. The summed E-state index contributed by atoms with van der Waals surface area (Å²) in [6.07, 6.45) is 5.86. The minimum Gasteiger partial charge on any atom is -0.496 e. The van der Waals surface area contributed by atoms with Gasteiger partial charge in [0.05, 0.1) is 12.7 Å². The van der Waals surface area contributed by atoms with Gasteiger partial charge in [-0.05, 0) is 60.4 Å². The Morgan fingerprint density at radius 3 is 2.70 bits per heavy atom. The van der Waals surface area contributed by atoms with Crippen LogP contribution in [0, 0.1) is 11.3 Å². The summed E-state index contributed by atoms with van der Waals surface area (Å²) in [5, 5.41) is 3.40. The first kappa shape index (κ1) is 22.6. The minimum absolute atomic E-state index is 0.198. The number of anilines is 1. The molecule has 1 aliphatic rings. The van der Waals surface area contributed by atoms with E-state index >= 15 is 0 Å². The lowest BCUT2D eigenvalue weighted by Crippen LogP contribution is -2.27. The highest BCUT2D eigenvalue weighted by atomic mass is 79.9. The number of thiophene rings is 1. The lowest BCUT2D eigenvalue weighted by atomic mass is 9.72. The van der Waals surface area contributed by atoms with Crippen LogP contribution >= 0.6 is 27.3 Å². The van der Waals surface area contributed by atoms with Gasteiger partial charge >= 0.3 is 0 Å². The van der Waals surface area contributed by atoms with Gasteiger partial charge in [-0.1, -0.05) is 36.7 Å². The molecule has 1 heterocycles. The van der Waals surface area contributed by atoms with E-state index < -0.39 is 5.91 Å². The van der Waals surface area contributed by atoms with Crippen molar-refractivity contribution in [1.29, 1.82) is 0 Å². The number of nitrogens with two attached hydrogens (primary N) is 1. The molecule has 0 saturated carbocycles. The Kier molecular flexibility index (Phi) is 6.72. The Labute approximate surface area is 189 Å². The maximum atomic E-state index is 12.6. The Morgan fingerprint density at radius 1 is 1.33 bits per heavy atom. The fraction of sp³-hybridized carbons (Fsp3) is 0.391. The number of hydrogen-bond acceptors (Lipinski definition) is 4. The lowest BCUT2D eigenvalue weighted by Gasteiger charge is -2.33. The van der Waals surface area contributed by atoms with Crippen molar-refractivity contribution in [2.24, 2.45) is 17.1 Å². The molecular formula is C23H27BrN2O3S. The molecule has 3 rings (SSSR count). The van der Waals surface area contributed by atoms with E-state index in [-0.39, 0.29) is 11.3 Å². The van der Waals surface area contributed by atoms with Crippen LogP contribution < -0.4 is 15.8 Å². The van der Waals surface area contributed by atoms with Gasteiger partial charge in [-0.15, -0.1) is 11.3 Å². The van der Waals surface area contributed by atoms with Crippen LogP contribution in [0.4, 0.5) is 5.00 Å². The molecule has 30 heavy (non-hydrogen) atoms. The molecule has 0 fully saturated rings. The van der Waals surface area contributed by atoms with Gasteiger partial charge in [0.2, 0.25) is 5.91 Å². The average molecular weight is 491 g/mol. The van der Waals surface area contributed by atoms with Crippen molar-refractivity contribution < 1.29 is 14.3 Å². The fourth-order valence-corrected chi connectivity index (χ4v) is 5.54. The molecule has 1 aromatic carbocycles. The first-order valence-electron chi connectivity index (χ1n) is 9.87. The third-order valence-corrected chi connectivity index (χ3v) is 7.24. The van der Waals surface area contributed by atoms with Crippen molar-refractivity contribution in [3.63, 3.8) is 0 Å². The van der Waals surface area contributed by atoms with Gasteiger partial charge in [-0.25, -0.2) is 0 Å². The molecule has 5 nitrogen and oxygen atoms in total. The first-order chi connectivity index (χ1) is 14.1. The van der Waals surface area contributed by atoms with Crippen molar-refractivity contribution in [3.8, 4) is 5.75 Å². The van der Waals surface area contributed by atoms with E-state index in [1.165, 1.54) is 17.4 Å². The quantitative estimate of drug-likeness (QED) is 0.548. The highest BCUT2D eigenvalue weighted by Crippen LogP contribution is 2.44. The Bertz CT molecular complexity index is 1000. The molecule has 0 aliphatic heterocycles. The summed E-state index contributed by atoms with van der Waals surface area (Å²) < 4.78 is 6.22. The summed E-state index contributed by atoms with van der Waals surface area (Å²) in [6, 6.07) is 5.57. The second-order valence-corrected chi connectivity index (χ2v) is 10.6. The van der Waals surface area contributed by atoms with Crippen LogP contribution in [0.5, 0.6) is 5.75 Å². The molecule has 7 heteroatoms. The summed E-state index contributed by atoms with van der Waals surface area (Å²) in [4.78, 5) is 25.9. The predicted octanol–water partition coefficient (Wildman–Crippen LogP) is 5.42. The van der Waals surface area contributed by atoms with Crippen molar-refractivity contribution in [2.45, 2.75) is 40.0 Å². The molecule has 1 aromatic heterocycles. The van der Waals surface area contributed by atoms with Crippen molar-refractivity contribution in [2.75, 3.05) is 12.4 Å². The van der Waals surface area contributed by atoms with Gasteiger partial charge in [-0.2, -0.15) is 0 Å². The van der Waals surface area contributed by atoms with E-state index in [1.807, 2.05) is 18.2 Å². The number of ether oxygens (including phenoxy) is 1. The molecule has 0 radical (unpaired) electrons. The first-order valence-corrected chi connectivity index (χ1v) is 11.5. The third kappa shape index (κ3) is 4.95. The maximum absolute atomic E-state index is 12.6. The Morgan fingerprint density at radius 2 is 2.07 bits per heavy atom. The highest BCUT2D eigenvalue weighted by molar-refractivity contribution is 9.10. The van der Waals surface area contributed by atoms with Crippen molar-refractivity contribution in [1.82, 2.24) is 0 Å². The minimum atomic E-state index is -0.491. The van der Waals surface area contributed by atoms with Gasteiger partial charge in [-0.3, -0.25) is 9.59 Å². The highest BCUT2D eigenvalue weighted by Gasteiger charge is 2.33. The van der Waals surface area contributed by atoms with Gasteiger partial charge in [0.1, 0.15) is 10.8 Å². The topological polar surface area (TPSA) is 81.4 Å². The van der Waals surface area contributed by atoms with Crippen molar-refractivity contribution in [3.05, 3.63) is 50.3 Å². The van der Waals surface area contributed by atoms with Gasteiger partial charge in [0, 0.05) is 21.0 Å². The smallest absolute Gasteiger partial charge is 0.251 e. The summed E-state index contributed by atoms with van der Waals surface area (Å²) in [6.45, 7) is 6.73. The molecule has 0 saturated heterocycles. The predicted molar refractivity (Wildman–Crippen MR) is 126 cm³/mol. The number of primary amides is 1. The number of carbonyl (C=O) groups is 2. The summed E-state index contributed by atoms with van der Waals surface area (Å²) in [7, 11) is 1.58. The van der Waals surface area contributed by atoms with E-state index in [0.29, 0.717) is 22.2 Å². The molecule has 2 aromatic rings. The molecule has 160 valence electrons. The standard InChI is InChI=1S/C23H27BrN2O3S/c1-23(2,3)14-6-8-16-18(12-14)30-22(20(16)21(25)28)26-19(27)10-5-13-11-15(24)7-9-17(13)29-4/h5,7,9-11,14H,6,8,12H2,1-4H3,(H2,25,28)(H,26,27)/b10-5+. The maximum Gasteiger partial charge on any atom is 0.251 e. The normalized spacial score (nSPS) is 16.4. The van der Waals surface area contributed by atoms with Crippen LogP contribution in [-0.2, 0) is 17.6 Å². The third-order valence-electron chi connectivity index (χ3n) is 5.58. The second kappa shape index (κ2) is 8.94. The molecule has 0 bridgehead atoms. The molecule has 0 spiro atoms. The molecule has 1 aliphatic carbocycles. The fourth-order valence-electron chi connectivity index (χ4n) is 3.83. The number of methoxy groups -OCH3 is 1. The van der Waals surface area contributed by atoms with Crippen LogP contribution in [0.2, 0.25) is 0 Å². The van der Waals surface area contributed by atoms with Crippen LogP contribution in [-0.4, -0.2) is 18.9 Å². The molecule has 3 N–H and O–H groups in total. The van der Waals surface area contributed by atoms with E-state index in [9.17, 15) is 9.59 Å². The van der Waals surface area contributed by atoms with E-state index in [2.05, 4.69) is 42.0 Å². The largest absolute Gasteiger partial charge is 0.496 e. The van der Waals surface area contributed by atoms with E-state index in [0.717, 1.165) is 39.7 Å². The number of rotatable bonds is 5. The monoisotopic (exact) mass is 490 g/mol. The van der Waals surface area contributed by atoms with Gasteiger partial charge in [0.15, 0.2) is 0 Å². The van der Waals surface area contributed by atoms with Gasteiger partial charge < -0.3 is 15.8 Å². The van der Waals surface area contributed by atoms with Crippen LogP contribution in [0.15, 0.2) is 28.7 Å². The number of hydrogen-bond donors (Lipinski definition) is 2. The summed E-state index contributed by atoms with van der Waals surface area (Å²) >= 11 is 4.89. The number of amides is 2. The number of nitrogens with one attached hydrogen (secondary N) is 1. The lowest BCUT2D eigenvalue weighted by molar-refractivity contribution is -0.111. The zero-order valence-electron chi connectivity index (χ0n) is 17.7. The average Bonchev–Trinajstić information content (AvgIpc) is 3.02. The Hall–Kier alpha value is -2.12. The van der Waals surface area contributed by atoms with E-state index in [1.54, 1.807) is 13.2 Å². The number of carbonyl (C=O) groups excluding carboxylic acids is 2. The summed E-state index contributed by atoms with van der Waals surface area (Å²) in [5.41, 5.74) is 8.11. The summed E-state index contributed by atoms with van der Waals surface area (Å²) in [5.74, 6) is 0.400. The Balaban J connectivity index is 1.83. The molecule has 2 amide bonds. The van der Waals surface area contributed by atoms with Crippen molar-refractivity contribution >= 4 is 50.2 Å². The van der Waals surface area contributed by atoms with Crippen LogP contribution in [0.1, 0.15) is 53.6 Å². The zero-order valence-corrected chi connectivity index (χ0v) is 20.1. The number of benzene rings is 1. The van der Waals surface area contributed by atoms with Gasteiger partial charge in [0.25, 0.3) is 5.91 Å². The van der Waals surface area contributed by atoms with E-state index in [4.69, 9.17) is 10.5 Å². The van der Waals surface area contributed by atoms with Crippen LogP contribution in [0.3, 0.4) is 0 Å². The SMILES string of the molecule is COc1ccc(Br)cc1/C=C/C(=O)Nc1sc2c(c1C(N)=O)CCC(C(C)(C)C)C2. The zero-order chi connectivity index (χ0) is 22.1. The number of halogens is 1. The number of fused-ring (bicyclic) bond motifs is 1. The molecular weight excluding hydrogens is 464 g/mol. The molecule has 1 atom stereocenters.